The minimum atomic E-state index is -0.396. The minimum Gasteiger partial charge on any atom is -0.396 e. The van der Waals surface area contributed by atoms with Gasteiger partial charge in [0, 0.05) is 30.5 Å². The normalized spacial score (nSPS) is 24.6. The highest BCUT2D eigenvalue weighted by Crippen LogP contribution is 2.44. The van der Waals surface area contributed by atoms with Gasteiger partial charge >= 0.3 is 0 Å². The summed E-state index contributed by atoms with van der Waals surface area (Å²) < 4.78 is 0. The van der Waals surface area contributed by atoms with Crippen LogP contribution in [0.3, 0.4) is 0 Å². The summed E-state index contributed by atoms with van der Waals surface area (Å²) in [4.78, 5) is 26.4. The first-order valence-corrected chi connectivity index (χ1v) is 7.95. The highest BCUT2D eigenvalue weighted by atomic mass is 16.3. The van der Waals surface area contributed by atoms with Gasteiger partial charge in [0.15, 0.2) is 0 Å². The van der Waals surface area contributed by atoms with E-state index in [0.29, 0.717) is 13.1 Å². The van der Waals surface area contributed by atoms with Crippen molar-refractivity contribution in [3.8, 4) is 0 Å². The number of rotatable bonds is 4. The predicted molar refractivity (Wildman–Crippen MR) is 80.5 cm³/mol. The van der Waals surface area contributed by atoms with Gasteiger partial charge in [0.05, 0.1) is 12.5 Å². The van der Waals surface area contributed by atoms with Gasteiger partial charge in [-0.1, -0.05) is 20.8 Å². The lowest BCUT2D eigenvalue weighted by Crippen LogP contribution is -2.49. The number of piperidine rings is 1. The van der Waals surface area contributed by atoms with Crippen molar-refractivity contribution in [1.29, 1.82) is 0 Å². The molecule has 0 radical (unpaired) electrons. The second-order valence-electron chi connectivity index (χ2n) is 7.72. The van der Waals surface area contributed by atoms with E-state index in [1.807, 2.05) is 25.7 Å². The van der Waals surface area contributed by atoms with Gasteiger partial charge in [-0.15, -0.1) is 0 Å². The monoisotopic (exact) mass is 296 g/mol. The number of carbonyl (C=O) groups excluding carboxylic acids is 2. The molecule has 1 aliphatic heterocycles. The first-order valence-electron chi connectivity index (χ1n) is 7.95. The molecule has 1 atom stereocenters. The predicted octanol–water partition coefficient (Wildman–Crippen LogP) is 1.16. The molecule has 5 nitrogen and oxygen atoms in total. The SMILES string of the molecule is CC(C)(C)C(=O)N1CCCC(C(=O)NCC2(CO)CC2)C1. The highest BCUT2D eigenvalue weighted by molar-refractivity contribution is 5.83. The van der Waals surface area contributed by atoms with E-state index < -0.39 is 5.41 Å². The maximum absolute atomic E-state index is 12.3. The van der Waals surface area contributed by atoms with Crippen molar-refractivity contribution in [1.82, 2.24) is 10.2 Å². The summed E-state index contributed by atoms with van der Waals surface area (Å²) in [5, 5.41) is 12.2. The summed E-state index contributed by atoms with van der Waals surface area (Å²) in [5.41, 5.74) is -0.460. The Balaban J connectivity index is 1.85. The van der Waals surface area contributed by atoms with E-state index in [9.17, 15) is 14.7 Å². The standard InChI is InChI=1S/C16H28N2O3/c1-15(2,3)14(21)18-8-4-5-12(9-18)13(20)17-10-16(11-19)6-7-16/h12,19H,4-11H2,1-3H3,(H,17,20). The molecular weight excluding hydrogens is 268 g/mol. The van der Waals surface area contributed by atoms with E-state index in [-0.39, 0.29) is 29.8 Å². The van der Waals surface area contributed by atoms with E-state index in [2.05, 4.69) is 5.32 Å². The van der Waals surface area contributed by atoms with Crippen molar-refractivity contribution >= 4 is 11.8 Å². The van der Waals surface area contributed by atoms with Crippen LogP contribution in [0.1, 0.15) is 46.5 Å². The number of aliphatic hydroxyl groups excluding tert-OH is 1. The van der Waals surface area contributed by atoms with E-state index in [1.54, 1.807) is 0 Å². The van der Waals surface area contributed by atoms with Crippen LogP contribution < -0.4 is 5.32 Å². The molecule has 120 valence electrons. The molecule has 0 aromatic heterocycles. The van der Waals surface area contributed by atoms with E-state index >= 15 is 0 Å². The van der Waals surface area contributed by atoms with E-state index in [0.717, 1.165) is 32.2 Å². The molecule has 0 bridgehead atoms. The van der Waals surface area contributed by atoms with E-state index in [4.69, 9.17) is 0 Å². The molecule has 2 amide bonds. The van der Waals surface area contributed by atoms with Crippen molar-refractivity contribution in [2.75, 3.05) is 26.2 Å². The topological polar surface area (TPSA) is 69.6 Å². The summed E-state index contributed by atoms with van der Waals surface area (Å²) in [6.45, 7) is 7.72. The Morgan fingerprint density at radius 3 is 2.52 bits per heavy atom. The van der Waals surface area contributed by atoms with Gasteiger partial charge in [0.1, 0.15) is 0 Å². The number of carbonyl (C=O) groups is 2. The fourth-order valence-electron chi connectivity index (χ4n) is 2.84. The molecule has 1 saturated carbocycles. The highest BCUT2D eigenvalue weighted by Gasteiger charge is 2.42. The number of likely N-dealkylation sites (tertiary alicyclic amines) is 1. The lowest BCUT2D eigenvalue weighted by atomic mass is 9.91. The maximum Gasteiger partial charge on any atom is 0.227 e. The lowest BCUT2D eigenvalue weighted by Gasteiger charge is -2.36. The van der Waals surface area contributed by atoms with Gasteiger partial charge in [-0.25, -0.2) is 0 Å². The quantitative estimate of drug-likeness (QED) is 0.818. The van der Waals surface area contributed by atoms with Crippen LogP contribution in [-0.2, 0) is 9.59 Å². The number of nitrogens with zero attached hydrogens (tertiary/aromatic N) is 1. The van der Waals surface area contributed by atoms with E-state index in [1.165, 1.54) is 0 Å². The molecule has 1 unspecified atom stereocenters. The molecule has 1 saturated heterocycles. The Bertz CT molecular complexity index is 410. The Hall–Kier alpha value is -1.10. The van der Waals surface area contributed by atoms with Crippen LogP contribution in [0.2, 0.25) is 0 Å². The van der Waals surface area contributed by atoms with Crippen LogP contribution in [0, 0.1) is 16.7 Å². The third-order valence-electron chi connectivity index (χ3n) is 4.65. The van der Waals surface area contributed by atoms with Crippen LogP contribution in [0.15, 0.2) is 0 Å². The second kappa shape index (κ2) is 5.95. The molecule has 1 aliphatic carbocycles. The van der Waals surface area contributed by atoms with Crippen molar-refractivity contribution in [2.24, 2.45) is 16.7 Å². The average Bonchev–Trinajstić information content (AvgIpc) is 3.24. The van der Waals surface area contributed by atoms with Crippen molar-refractivity contribution in [3.05, 3.63) is 0 Å². The minimum absolute atomic E-state index is 0.0288. The van der Waals surface area contributed by atoms with Crippen LogP contribution >= 0.6 is 0 Å². The molecule has 2 fully saturated rings. The zero-order valence-corrected chi connectivity index (χ0v) is 13.4. The molecule has 0 aromatic rings. The van der Waals surface area contributed by atoms with Gasteiger partial charge in [-0.3, -0.25) is 9.59 Å². The Morgan fingerprint density at radius 2 is 2.00 bits per heavy atom. The van der Waals surface area contributed by atoms with Gasteiger partial charge in [0.25, 0.3) is 0 Å². The fraction of sp³-hybridized carbons (Fsp3) is 0.875. The second-order valence-corrected chi connectivity index (χ2v) is 7.72. The zero-order valence-electron chi connectivity index (χ0n) is 13.4. The molecule has 1 heterocycles. The molecule has 5 heteroatoms. The van der Waals surface area contributed by atoms with Gasteiger partial charge in [-0.05, 0) is 25.7 Å². The fourth-order valence-corrected chi connectivity index (χ4v) is 2.84. The summed E-state index contributed by atoms with van der Waals surface area (Å²) in [6, 6.07) is 0. The lowest BCUT2D eigenvalue weighted by molar-refractivity contribution is -0.142. The van der Waals surface area contributed by atoms with Crippen molar-refractivity contribution in [2.45, 2.75) is 46.5 Å². The maximum atomic E-state index is 12.3. The molecule has 0 aromatic carbocycles. The first-order chi connectivity index (χ1) is 9.77. The van der Waals surface area contributed by atoms with Crippen LogP contribution in [0.5, 0.6) is 0 Å². The Kier molecular flexibility index (Phi) is 4.61. The number of hydrogen-bond acceptors (Lipinski definition) is 3. The first kappa shape index (κ1) is 16.3. The van der Waals surface area contributed by atoms with Crippen molar-refractivity contribution < 1.29 is 14.7 Å². The summed E-state index contributed by atoms with van der Waals surface area (Å²) >= 11 is 0. The molecule has 2 N–H and O–H groups in total. The largest absolute Gasteiger partial charge is 0.396 e. The van der Waals surface area contributed by atoms with Gasteiger partial charge in [0.2, 0.25) is 11.8 Å². The Morgan fingerprint density at radius 1 is 1.33 bits per heavy atom. The molecule has 2 aliphatic rings. The smallest absolute Gasteiger partial charge is 0.227 e. The van der Waals surface area contributed by atoms with Crippen LogP contribution in [0.25, 0.3) is 0 Å². The molecule has 0 spiro atoms. The number of amides is 2. The molecule has 21 heavy (non-hydrogen) atoms. The summed E-state index contributed by atoms with van der Waals surface area (Å²) in [5.74, 6) is 0.0368. The average molecular weight is 296 g/mol. The number of nitrogens with one attached hydrogen (secondary N) is 1. The zero-order chi connectivity index (χ0) is 15.7. The van der Waals surface area contributed by atoms with Crippen LogP contribution in [0.4, 0.5) is 0 Å². The molecular formula is C16H28N2O3. The third-order valence-corrected chi connectivity index (χ3v) is 4.65. The van der Waals surface area contributed by atoms with Crippen LogP contribution in [-0.4, -0.2) is 48.1 Å². The van der Waals surface area contributed by atoms with Gasteiger partial charge < -0.3 is 15.3 Å². The molecule has 2 rings (SSSR count). The summed E-state index contributed by atoms with van der Waals surface area (Å²) in [6.07, 6.45) is 3.70. The number of aliphatic hydroxyl groups is 1. The summed E-state index contributed by atoms with van der Waals surface area (Å²) in [7, 11) is 0. The Labute approximate surface area is 127 Å². The number of hydrogen-bond donors (Lipinski definition) is 2. The van der Waals surface area contributed by atoms with Crippen molar-refractivity contribution in [3.63, 3.8) is 0 Å². The third kappa shape index (κ3) is 3.96. The van der Waals surface area contributed by atoms with Gasteiger partial charge in [-0.2, -0.15) is 0 Å².